The molecule has 0 N–H and O–H groups in total. The summed E-state index contributed by atoms with van der Waals surface area (Å²) in [6.45, 7) is 10.8. The van der Waals surface area contributed by atoms with E-state index in [0.29, 0.717) is 6.42 Å². The van der Waals surface area contributed by atoms with Gasteiger partial charge in [0.05, 0.1) is 5.60 Å². The molecule has 0 aromatic rings. The molecule has 0 rings (SSSR count). The van der Waals surface area contributed by atoms with Crippen LogP contribution in [0.25, 0.3) is 0 Å². The predicted octanol–water partition coefficient (Wildman–Crippen LogP) is 4.26. The minimum absolute atomic E-state index is 0.0504. The summed E-state index contributed by atoms with van der Waals surface area (Å²) >= 11 is 0. The summed E-state index contributed by atoms with van der Waals surface area (Å²) < 4.78 is 31.8. The highest BCUT2D eigenvalue weighted by molar-refractivity contribution is 4.72. The molecular formula is C12H24F2O. The average Bonchev–Trinajstić information content (AvgIpc) is 1.96. The van der Waals surface area contributed by atoms with Gasteiger partial charge in [-0.05, 0) is 32.6 Å². The molecule has 0 amide bonds. The van der Waals surface area contributed by atoms with Crippen LogP contribution in [0.3, 0.4) is 0 Å². The molecule has 0 radical (unpaired) electrons. The van der Waals surface area contributed by atoms with E-state index in [1.54, 1.807) is 20.8 Å². The predicted molar refractivity (Wildman–Crippen MR) is 59.3 cm³/mol. The van der Waals surface area contributed by atoms with Crippen molar-refractivity contribution in [3.05, 3.63) is 0 Å². The van der Waals surface area contributed by atoms with Crippen LogP contribution in [0.5, 0.6) is 0 Å². The lowest BCUT2D eigenvalue weighted by molar-refractivity contribution is -0.128. The standard InChI is InChI=1S/C12H24F2O/c1-10(2,3)7-8-12(13,14)9-15-11(4,5)6/h7-9H2,1-6H3. The molecule has 0 unspecified atom stereocenters. The number of alkyl halides is 2. The van der Waals surface area contributed by atoms with Crippen LogP contribution in [0, 0.1) is 5.41 Å². The molecule has 0 saturated carbocycles. The van der Waals surface area contributed by atoms with E-state index >= 15 is 0 Å². The van der Waals surface area contributed by atoms with Crippen LogP contribution in [0.1, 0.15) is 54.4 Å². The molecule has 0 bridgehead atoms. The molecular weight excluding hydrogens is 198 g/mol. The molecule has 0 fully saturated rings. The number of hydrogen-bond donors (Lipinski definition) is 0. The van der Waals surface area contributed by atoms with Gasteiger partial charge in [-0.15, -0.1) is 0 Å². The second-order valence-electron chi connectivity index (χ2n) is 6.32. The Morgan fingerprint density at radius 2 is 1.33 bits per heavy atom. The first-order valence-corrected chi connectivity index (χ1v) is 5.43. The van der Waals surface area contributed by atoms with E-state index in [1.165, 1.54) is 0 Å². The van der Waals surface area contributed by atoms with Gasteiger partial charge in [-0.1, -0.05) is 20.8 Å². The first kappa shape index (κ1) is 14.8. The van der Waals surface area contributed by atoms with Gasteiger partial charge in [-0.25, -0.2) is 8.78 Å². The fourth-order valence-corrected chi connectivity index (χ4v) is 0.952. The monoisotopic (exact) mass is 222 g/mol. The van der Waals surface area contributed by atoms with Gasteiger partial charge in [0.25, 0.3) is 5.92 Å². The van der Waals surface area contributed by atoms with Gasteiger partial charge in [0.1, 0.15) is 6.61 Å². The Morgan fingerprint density at radius 3 is 1.67 bits per heavy atom. The van der Waals surface area contributed by atoms with E-state index in [-0.39, 0.29) is 11.8 Å². The number of rotatable bonds is 4. The maximum atomic E-state index is 13.4. The lowest BCUT2D eigenvalue weighted by Gasteiger charge is -2.26. The molecule has 0 aliphatic carbocycles. The van der Waals surface area contributed by atoms with Crippen molar-refractivity contribution in [3.8, 4) is 0 Å². The summed E-state index contributed by atoms with van der Waals surface area (Å²) in [5.74, 6) is -2.71. The molecule has 0 atom stereocenters. The van der Waals surface area contributed by atoms with E-state index in [4.69, 9.17) is 4.74 Å². The van der Waals surface area contributed by atoms with Gasteiger partial charge in [-0.2, -0.15) is 0 Å². The highest BCUT2D eigenvalue weighted by Crippen LogP contribution is 2.30. The van der Waals surface area contributed by atoms with Crippen molar-refractivity contribution in [1.82, 2.24) is 0 Å². The Hall–Kier alpha value is -0.180. The molecule has 0 aliphatic rings. The molecule has 15 heavy (non-hydrogen) atoms. The molecule has 0 aliphatic heterocycles. The summed E-state index contributed by atoms with van der Waals surface area (Å²) in [6, 6.07) is 0. The van der Waals surface area contributed by atoms with E-state index in [1.807, 2.05) is 20.8 Å². The normalized spacial score (nSPS) is 14.4. The molecule has 92 valence electrons. The second kappa shape index (κ2) is 4.77. The zero-order valence-corrected chi connectivity index (χ0v) is 10.8. The first-order valence-electron chi connectivity index (χ1n) is 5.43. The molecule has 3 heteroatoms. The van der Waals surface area contributed by atoms with E-state index in [9.17, 15) is 8.78 Å². The van der Waals surface area contributed by atoms with Gasteiger partial charge in [0, 0.05) is 6.42 Å². The Bertz CT molecular complexity index is 167. The van der Waals surface area contributed by atoms with E-state index in [2.05, 4.69) is 0 Å². The van der Waals surface area contributed by atoms with Gasteiger partial charge >= 0.3 is 0 Å². The summed E-state index contributed by atoms with van der Waals surface area (Å²) in [4.78, 5) is 0. The van der Waals surface area contributed by atoms with Crippen molar-refractivity contribution < 1.29 is 13.5 Å². The summed E-state index contributed by atoms with van der Waals surface area (Å²) in [5, 5.41) is 0. The minimum atomic E-state index is -2.71. The molecule has 0 aromatic carbocycles. The number of halogens is 2. The van der Waals surface area contributed by atoms with Crippen molar-refractivity contribution in [2.75, 3.05) is 6.61 Å². The van der Waals surface area contributed by atoms with Crippen LogP contribution in [0.4, 0.5) is 8.78 Å². The Kier molecular flexibility index (Phi) is 4.71. The van der Waals surface area contributed by atoms with Crippen LogP contribution in [-0.2, 0) is 4.74 Å². The summed E-state index contributed by atoms with van der Waals surface area (Å²) in [6.07, 6.45) is 0.403. The maximum Gasteiger partial charge on any atom is 0.271 e. The van der Waals surface area contributed by atoms with Crippen molar-refractivity contribution in [3.63, 3.8) is 0 Å². The SMILES string of the molecule is CC(C)(C)CCC(F)(F)COC(C)(C)C. The zero-order valence-electron chi connectivity index (χ0n) is 10.8. The summed E-state index contributed by atoms with van der Waals surface area (Å²) in [7, 11) is 0. The Morgan fingerprint density at radius 1 is 0.867 bits per heavy atom. The van der Waals surface area contributed by atoms with Gasteiger partial charge in [0.15, 0.2) is 0 Å². The molecule has 0 aromatic heterocycles. The second-order valence-corrected chi connectivity index (χ2v) is 6.32. The van der Waals surface area contributed by atoms with Gasteiger partial charge < -0.3 is 4.74 Å². The fraction of sp³-hybridized carbons (Fsp3) is 1.00. The number of hydrogen-bond acceptors (Lipinski definition) is 1. The third kappa shape index (κ3) is 10.1. The van der Waals surface area contributed by atoms with Crippen molar-refractivity contribution in [2.24, 2.45) is 5.41 Å². The van der Waals surface area contributed by atoms with E-state index < -0.39 is 18.1 Å². The third-order valence-corrected chi connectivity index (χ3v) is 1.96. The van der Waals surface area contributed by atoms with Crippen LogP contribution in [0.15, 0.2) is 0 Å². The maximum absolute atomic E-state index is 13.4. The molecule has 1 nitrogen and oxygen atoms in total. The summed E-state index contributed by atoms with van der Waals surface area (Å²) in [5.41, 5.74) is -0.545. The Balaban J connectivity index is 3.98. The quantitative estimate of drug-likeness (QED) is 0.690. The number of ether oxygens (including phenoxy) is 1. The highest BCUT2D eigenvalue weighted by atomic mass is 19.3. The highest BCUT2D eigenvalue weighted by Gasteiger charge is 2.32. The van der Waals surface area contributed by atoms with Gasteiger partial charge in [0.2, 0.25) is 0 Å². The van der Waals surface area contributed by atoms with Crippen LogP contribution in [0.2, 0.25) is 0 Å². The average molecular weight is 222 g/mol. The topological polar surface area (TPSA) is 9.23 Å². The lowest BCUT2D eigenvalue weighted by Crippen LogP contribution is -2.31. The molecule has 0 heterocycles. The molecule has 0 saturated heterocycles. The third-order valence-electron chi connectivity index (χ3n) is 1.96. The zero-order chi connectivity index (χ0) is 12.3. The minimum Gasteiger partial charge on any atom is -0.370 e. The van der Waals surface area contributed by atoms with Crippen molar-refractivity contribution >= 4 is 0 Å². The van der Waals surface area contributed by atoms with Gasteiger partial charge in [-0.3, -0.25) is 0 Å². The van der Waals surface area contributed by atoms with Crippen molar-refractivity contribution in [2.45, 2.75) is 65.9 Å². The van der Waals surface area contributed by atoms with Crippen LogP contribution < -0.4 is 0 Å². The van der Waals surface area contributed by atoms with Crippen LogP contribution >= 0.6 is 0 Å². The smallest absolute Gasteiger partial charge is 0.271 e. The largest absolute Gasteiger partial charge is 0.370 e. The fourth-order valence-electron chi connectivity index (χ4n) is 0.952. The molecule has 0 spiro atoms. The lowest BCUT2D eigenvalue weighted by atomic mass is 9.89. The Labute approximate surface area is 92.2 Å². The van der Waals surface area contributed by atoms with Crippen LogP contribution in [-0.4, -0.2) is 18.1 Å². The van der Waals surface area contributed by atoms with Crippen molar-refractivity contribution in [1.29, 1.82) is 0 Å². The first-order chi connectivity index (χ1) is 6.41. The van der Waals surface area contributed by atoms with E-state index in [0.717, 1.165) is 0 Å².